The fourth-order valence-electron chi connectivity index (χ4n) is 6.34. The van der Waals surface area contributed by atoms with Gasteiger partial charge in [0.15, 0.2) is 0 Å². The average molecular weight is 686 g/mol. The van der Waals surface area contributed by atoms with E-state index in [1.165, 1.54) is 0 Å². The smallest absolute Gasteiger partial charge is 0.410 e. The van der Waals surface area contributed by atoms with Gasteiger partial charge in [-0.2, -0.15) is 0 Å². The summed E-state index contributed by atoms with van der Waals surface area (Å²) in [6, 6.07) is 25.7. The van der Waals surface area contributed by atoms with Crippen LogP contribution in [0.15, 0.2) is 96.6 Å². The zero-order valence-corrected chi connectivity index (χ0v) is 29.1. The summed E-state index contributed by atoms with van der Waals surface area (Å²) in [6.45, 7) is 8.20. The average Bonchev–Trinajstić information content (AvgIpc) is 3.56. The highest BCUT2D eigenvalue weighted by molar-refractivity contribution is 7.09. The summed E-state index contributed by atoms with van der Waals surface area (Å²) in [7, 11) is 0. The Hall–Kier alpha value is -5.55. The van der Waals surface area contributed by atoms with E-state index in [1.54, 1.807) is 28.6 Å². The number of amides is 1. The number of thiazole rings is 1. The second-order valence-corrected chi connectivity index (χ2v) is 13.7. The molecule has 0 bridgehead atoms. The zero-order valence-electron chi connectivity index (χ0n) is 28.3. The Bertz CT molecular complexity index is 2110. The van der Waals surface area contributed by atoms with Crippen LogP contribution in [0.4, 0.5) is 16.4 Å². The van der Waals surface area contributed by atoms with Gasteiger partial charge in [-0.1, -0.05) is 61.5 Å². The standard InChI is InChI=1S/C39H39N7O3S/c1-25-19-29(22-46(21-25)39(47)48-23-28-9-5-4-6-10-28)44-38-41-18-16-35(45-38)33-12-8-17-40-37(33)49-36-26(2)14-15-31-32(36)11-7-13-34(31)42-20-30-24-50-27(3)43-30/h4-18,24-25,29,42H,19-23H2,1-3H3,(H,41,44,45)/t25-,29+/m1/s1. The van der Waals surface area contributed by atoms with Crippen LogP contribution in [0, 0.1) is 19.8 Å². The third-order valence-electron chi connectivity index (χ3n) is 8.69. The van der Waals surface area contributed by atoms with Gasteiger partial charge in [-0.15, -0.1) is 11.3 Å². The summed E-state index contributed by atoms with van der Waals surface area (Å²) >= 11 is 1.65. The monoisotopic (exact) mass is 685 g/mol. The molecular formula is C39H39N7O3S. The third-order valence-corrected chi connectivity index (χ3v) is 9.52. The highest BCUT2D eigenvalue weighted by atomic mass is 32.1. The maximum absolute atomic E-state index is 13.0. The first kappa shape index (κ1) is 33.0. The second kappa shape index (κ2) is 14.9. The maximum Gasteiger partial charge on any atom is 0.410 e. The van der Waals surface area contributed by atoms with Gasteiger partial charge in [-0.05, 0) is 61.6 Å². The van der Waals surface area contributed by atoms with Gasteiger partial charge in [-0.25, -0.2) is 24.7 Å². The quantitative estimate of drug-likeness (QED) is 0.146. The van der Waals surface area contributed by atoms with Crippen LogP contribution >= 0.6 is 11.3 Å². The topological polar surface area (TPSA) is 114 Å². The number of carbonyl (C=O) groups is 1. The Balaban J connectivity index is 1.08. The van der Waals surface area contributed by atoms with E-state index in [0.29, 0.717) is 37.2 Å². The molecule has 10 nitrogen and oxygen atoms in total. The number of nitrogens with zero attached hydrogens (tertiary/aromatic N) is 5. The van der Waals surface area contributed by atoms with Crippen LogP contribution in [0.1, 0.15) is 35.2 Å². The maximum atomic E-state index is 13.0. The van der Waals surface area contributed by atoms with E-state index in [1.807, 2.05) is 68.4 Å². The van der Waals surface area contributed by atoms with Gasteiger partial charge in [0, 0.05) is 53.4 Å². The number of likely N-dealkylation sites (tertiary alicyclic amines) is 1. The summed E-state index contributed by atoms with van der Waals surface area (Å²) in [6.07, 6.45) is 4.00. The number of pyridine rings is 1. The van der Waals surface area contributed by atoms with Crippen molar-refractivity contribution >= 4 is 39.8 Å². The van der Waals surface area contributed by atoms with Crippen molar-refractivity contribution in [3.05, 3.63) is 118 Å². The molecule has 2 N–H and O–H groups in total. The van der Waals surface area contributed by atoms with E-state index in [9.17, 15) is 4.79 Å². The van der Waals surface area contributed by atoms with Crippen LogP contribution < -0.4 is 15.4 Å². The Morgan fingerprint density at radius 2 is 1.80 bits per heavy atom. The molecule has 254 valence electrons. The number of benzene rings is 3. The highest BCUT2D eigenvalue weighted by Gasteiger charge is 2.29. The summed E-state index contributed by atoms with van der Waals surface area (Å²) in [5, 5.41) is 12.2. The number of ether oxygens (including phenoxy) is 2. The molecule has 2 atom stereocenters. The number of fused-ring (bicyclic) bond motifs is 1. The van der Waals surface area contributed by atoms with Crippen molar-refractivity contribution in [3.8, 4) is 22.9 Å². The van der Waals surface area contributed by atoms with E-state index in [-0.39, 0.29) is 24.7 Å². The predicted molar refractivity (Wildman–Crippen MR) is 198 cm³/mol. The lowest BCUT2D eigenvalue weighted by Crippen LogP contribution is -2.48. The van der Waals surface area contributed by atoms with Gasteiger partial charge in [0.1, 0.15) is 12.4 Å². The lowest BCUT2D eigenvalue weighted by atomic mass is 9.96. The van der Waals surface area contributed by atoms with Crippen molar-refractivity contribution in [2.45, 2.75) is 46.4 Å². The number of anilines is 2. The Morgan fingerprint density at radius 3 is 2.64 bits per heavy atom. The van der Waals surface area contributed by atoms with Gasteiger partial charge in [0.2, 0.25) is 11.8 Å². The molecule has 0 radical (unpaired) electrons. The molecule has 0 spiro atoms. The second-order valence-electron chi connectivity index (χ2n) is 12.7. The minimum Gasteiger partial charge on any atom is -0.445 e. The van der Waals surface area contributed by atoms with E-state index < -0.39 is 0 Å². The summed E-state index contributed by atoms with van der Waals surface area (Å²) in [4.78, 5) is 33.4. The van der Waals surface area contributed by atoms with Crippen molar-refractivity contribution in [2.75, 3.05) is 23.7 Å². The van der Waals surface area contributed by atoms with Gasteiger partial charge in [0.05, 0.1) is 28.5 Å². The molecule has 1 aliphatic rings. The number of nitrogens with one attached hydrogen (secondary N) is 2. The van der Waals surface area contributed by atoms with Crippen LogP contribution in [-0.2, 0) is 17.9 Å². The van der Waals surface area contributed by atoms with Crippen molar-refractivity contribution in [1.29, 1.82) is 0 Å². The Kier molecular flexibility index (Phi) is 9.84. The fraction of sp³-hybridized carbons (Fsp3) is 0.256. The van der Waals surface area contributed by atoms with Crippen LogP contribution in [0.2, 0.25) is 0 Å². The van der Waals surface area contributed by atoms with Gasteiger partial charge in [0.25, 0.3) is 0 Å². The van der Waals surface area contributed by atoms with Crippen molar-refractivity contribution < 1.29 is 14.3 Å². The third kappa shape index (κ3) is 7.68. The van der Waals surface area contributed by atoms with Crippen LogP contribution in [0.25, 0.3) is 22.0 Å². The van der Waals surface area contributed by atoms with Crippen LogP contribution in [-0.4, -0.2) is 50.1 Å². The van der Waals surface area contributed by atoms with E-state index >= 15 is 0 Å². The largest absolute Gasteiger partial charge is 0.445 e. The summed E-state index contributed by atoms with van der Waals surface area (Å²) in [5.74, 6) is 1.94. The van der Waals surface area contributed by atoms with Gasteiger partial charge >= 0.3 is 6.09 Å². The van der Waals surface area contributed by atoms with Crippen molar-refractivity contribution in [3.63, 3.8) is 0 Å². The first-order valence-corrected chi connectivity index (χ1v) is 17.6. The van der Waals surface area contributed by atoms with Crippen molar-refractivity contribution in [2.24, 2.45) is 5.92 Å². The molecule has 1 amide bonds. The number of hydrogen-bond acceptors (Lipinski definition) is 10. The van der Waals surface area contributed by atoms with E-state index in [4.69, 9.17) is 14.5 Å². The molecule has 0 unspecified atom stereocenters. The number of hydrogen-bond donors (Lipinski definition) is 2. The normalized spacial score (nSPS) is 15.9. The lowest BCUT2D eigenvalue weighted by Gasteiger charge is -2.36. The first-order chi connectivity index (χ1) is 24.4. The minimum absolute atomic E-state index is 0.0384. The van der Waals surface area contributed by atoms with E-state index in [2.05, 4.69) is 62.2 Å². The zero-order chi connectivity index (χ0) is 34.5. The Morgan fingerprint density at radius 1 is 0.920 bits per heavy atom. The number of piperidine rings is 1. The molecule has 50 heavy (non-hydrogen) atoms. The molecule has 3 aromatic carbocycles. The SMILES string of the molecule is Cc1nc(CNc2cccc3c(Oc4ncccc4-c4ccnc(N[C@H]5C[C@@H](C)CN(C(=O)OCc6ccccc6)C5)n4)c(C)ccc23)cs1. The molecule has 7 rings (SSSR count). The van der Waals surface area contributed by atoms with E-state index in [0.717, 1.165) is 56.0 Å². The van der Waals surface area contributed by atoms with Crippen LogP contribution in [0.3, 0.4) is 0 Å². The molecule has 1 saturated heterocycles. The number of rotatable bonds is 10. The number of carbonyl (C=O) groups excluding carboxylic acids is 1. The van der Waals surface area contributed by atoms with Crippen LogP contribution in [0.5, 0.6) is 11.6 Å². The highest BCUT2D eigenvalue weighted by Crippen LogP contribution is 2.39. The number of aromatic nitrogens is 4. The van der Waals surface area contributed by atoms with Gasteiger partial charge < -0.3 is 25.0 Å². The fourth-order valence-corrected chi connectivity index (χ4v) is 6.96. The first-order valence-electron chi connectivity index (χ1n) is 16.8. The molecule has 11 heteroatoms. The molecule has 4 heterocycles. The predicted octanol–water partition coefficient (Wildman–Crippen LogP) is 8.63. The molecular weight excluding hydrogens is 647 g/mol. The lowest BCUT2D eigenvalue weighted by molar-refractivity contribution is 0.0783. The van der Waals surface area contributed by atoms with Crippen molar-refractivity contribution in [1.82, 2.24) is 24.8 Å². The Labute approximate surface area is 295 Å². The molecule has 0 saturated carbocycles. The number of aryl methyl sites for hydroxylation is 2. The molecule has 1 fully saturated rings. The molecule has 6 aromatic rings. The summed E-state index contributed by atoms with van der Waals surface area (Å²) < 4.78 is 12.3. The molecule has 1 aliphatic heterocycles. The molecule has 0 aliphatic carbocycles. The minimum atomic E-state index is -0.319. The molecule has 3 aromatic heterocycles. The summed E-state index contributed by atoms with van der Waals surface area (Å²) in [5.41, 5.74) is 5.38. The van der Waals surface area contributed by atoms with Gasteiger partial charge in [-0.3, -0.25) is 0 Å².